The lowest BCUT2D eigenvalue weighted by Crippen LogP contribution is -2.66. The summed E-state index contributed by atoms with van der Waals surface area (Å²) in [4.78, 5) is 12.8. The molecule has 0 aromatic rings. The van der Waals surface area contributed by atoms with Crippen LogP contribution >= 0.6 is 0 Å². The van der Waals surface area contributed by atoms with E-state index in [0.717, 1.165) is 19.3 Å². The van der Waals surface area contributed by atoms with Crippen molar-refractivity contribution in [3.63, 3.8) is 0 Å². The number of ether oxygens (including phenoxy) is 1. The molecule has 5 aliphatic rings. The number of halogens is 5. The van der Waals surface area contributed by atoms with Gasteiger partial charge in [-0.25, -0.2) is 22.0 Å². The Labute approximate surface area is 156 Å². The number of carbonyl (C=O) groups excluding carboxylic acids is 1. The topological polar surface area (TPSA) is 26.3 Å². The zero-order chi connectivity index (χ0) is 19.7. The highest BCUT2D eigenvalue weighted by Gasteiger charge is 2.75. The summed E-state index contributed by atoms with van der Waals surface area (Å²) in [6.45, 7) is 1.30. The minimum Gasteiger partial charge on any atom is -0.459 e. The van der Waals surface area contributed by atoms with Crippen LogP contribution in [0, 0.1) is 23.7 Å². The van der Waals surface area contributed by atoms with Crippen molar-refractivity contribution >= 4 is 5.97 Å². The molecule has 5 rings (SSSR count). The van der Waals surface area contributed by atoms with Crippen molar-refractivity contribution < 1.29 is 31.5 Å². The van der Waals surface area contributed by atoms with Crippen LogP contribution in [0.15, 0.2) is 0 Å². The second kappa shape index (κ2) is 6.06. The quantitative estimate of drug-likeness (QED) is 0.452. The molecule has 0 N–H and O–H groups in total. The van der Waals surface area contributed by atoms with Gasteiger partial charge in [-0.1, -0.05) is 6.92 Å². The highest BCUT2D eigenvalue weighted by molar-refractivity contribution is 5.75. The maximum Gasteiger partial charge on any atom is 0.313 e. The van der Waals surface area contributed by atoms with E-state index >= 15 is 4.39 Å². The van der Waals surface area contributed by atoms with Gasteiger partial charge in [-0.05, 0) is 69.1 Å². The van der Waals surface area contributed by atoms with Crippen LogP contribution in [0.3, 0.4) is 0 Å². The SMILES string of the molecule is CCC(C(=O)OC12CC3CC(CC(C3)C1)C2)C1(F)C(F)(F)CCCC1(F)F. The Morgan fingerprint density at radius 3 is 1.78 bits per heavy atom. The molecular formula is C20H27F5O2. The van der Waals surface area contributed by atoms with Gasteiger partial charge in [-0.15, -0.1) is 0 Å². The zero-order valence-electron chi connectivity index (χ0n) is 15.6. The third-order valence-corrected chi connectivity index (χ3v) is 7.52. The van der Waals surface area contributed by atoms with Gasteiger partial charge in [-0.2, -0.15) is 0 Å². The van der Waals surface area contributed by atoms with Gasteiger partial charge in [0.25, 0.3) is 11.8 Å². The van der Waals surface area contributed by atoms with E-state index in [1.807, 2.05) is 0 Å². The van der Waals surface area contributed by atoms with Gasteiger partial charge in [0.15, 0.2) is 0 Å². The summed E-state index contributed by atoms with van der Waals surface area (Å²) < 4.78 is 78.6. The zero-order valence-corrected chi connectivity index (χ0v) is 15.6. The van der Waals surface area contributed by atoms with Crippen LogP contribution in [0.4, 0.5) is 22.0 Å². The van der Waals surface area contributed by atoms with Gasteiger partial charge in [-0.3, -0.25) is 4.79 Å². The van der Waals surface area contributed by atoms with E-state index in [2.05, 4.69) is 0 Å². The Morgan fingerprint density at radius 1 is 0.926 bits per heavy atom. The molecule has 154 valence electrons. The monoisotopic (exact) mass is 394 g/mol. The Kier molecular flexibility index (Phi) is 4.36. The van der Waals surface area contributed by atoms with Gasteiger partial charge in [0.05, 0.1) is 0 Å². The molecule has 0 spiro atoms. The lowest BCUT2D eigenvalue weighted by atomic mass is 9.54. The molecule has 27 heavy (non-hydrogen) atoms. The molecule has 1 atom stereocenters. The number of hydrogen-bond donors (Lipinski definition) is 0. The molecular weight excluding hydrogens is 367 g/mol. The number of hydrogen-bond acceptors (Lipinski definition) is 2. The summed E-state index contributed by atoms with van der Waals surface area (Å²) in [7, 11) is 0. The second-order valence-corrected chi connectivity index (χ2v) is 9.46. The van der Waals surface area contributed by atoms with Crippen LogP contribution in [0.1, 0.15) is 71.1 Å². The Morgan fingerprint density at radius 2 is 1.37 bits per heavy atom. The predicted molar refractivity (Wildman–Crippen MR) is 88.4 cm³/mol. The van der Waals surface area contributed by atoms with Crippen molar-refractivity contribution in [2.75, 3.05) is 0 Å². The largest absolute Gasteiger partial charge is 0.459 e. The lowest BCUT2D eigenvalue weighted by Gasteiger charge is -2.56. The molecule has 0 aromatic heterocycles. The minimum absolute atomic E-state index is 0.432. The first kappa shape index (κ1) is 19.4. The molecule has 4 bridgehead atoms. The summed E-state index contributed by atoms with van der Waals surface area (Å²) in [5.74, 6) is -10.6. The van der Waals surface area contributed by atoms with E-state index in [1.165, 1.54) is 6.92 Å². The van der Waals surface area contributed by atoms with Crippen LogP contribution < -0.4 is 0 Å². The highest BCUT2D eigenvalue weighted by atomic mass is 19.3. The van der Waals surface area contributed by atoms with Crippen LogP contribution in [0.5, 0.6) is 0 Å². The lowest BCUT2D eigenvalue weighted by molar-refractivity contribution is -0.295. The average Bonchev–Trinajstić information content (AvgIpc) is 2.51. The molecule has 5 fully saturated rings. The number of carbonyl (C=O) groups is 1. The summed E-state index contributed by atoms with van der Waals surface area (Å²) in [5.41, 5.74) is -4.96. The first-order chi connectivity index (χ1) is 12.5. The van der Waals surface area contributed by atoms with Crippen LogP contribution in [0.25, 0.3) is 0 Å². The Bertz CT molecular complexity index is 566. The smallest absolute Gasteiger partial charge is 0.313 e. The van der Waals surface area contributed by atoms with Gasteiger partial charge < -0.3 is 4.74 Å². The first-order valence-electron chi connectivity index (χ1n) is 10.2. The standard InChI is InChI=1S/C20H27F5O2/c1-2-15(20(25)18(21,22)4-3-5-19(20,23)24)16(26)27-17-9-12-6-13(10-17)8-14(7-12)11-17/h12-15H,2-11H2,1H3. The average molecular weight is 394 g/mol. The normalized spacial score (nSPS) is 41.9. The van der Waals surface area contributed by atoms with Crippen molar-refractivity contribution in [1.82, 2.24) is 0 Å². The van der Waals surface area contributed by atoms with Crippen LogP contribution in [0.2, 0.25) is 0 Å². The fourth-order valence-electron chi connectivity index (χ4n) is 6.72. The molecule has 0 heterocycles. The summed E-state index contributed by atoms with van der Waals surface area (Å²) in [5, 5.41) is 0. The molecule has 0 amide bonds. The van der Waals surface area contributed by atoms with Crippen molar-refractivity contribution in [2.45, 2.75) is 94.2 Å². The number of alkyl halides is 5. The first-order valence-corrected chi connectivity index (χ1v) is 10.2. The van der Waals surface area contributed by atoms with Gasteiger partial charge in [0.2, 0.25) is 5.67 Å². The van der Waals surface area contributed by atoms with E-state index in [4.69, 9.17) is 4.74 Å². The highest BCUT2D eigenvalue weighted by Crippen LogP contribution is 2.60. The van der Waals surface area contributed by atoms with E-state index in [0.29, 0.717) is 37.0 Å². The number of rotatable bonds is 4. The molecule has 0 radical (unpaired) electrons. The van der Waals surface area contributed by atoms with Gasteiger partial charge in [0, 0.05) is 12.8 Å². The molecule has 0 aromatic carbocycles. The second-order valence-electron chi connectivity index (χ2n) is 9.46. The summed E-state index contributed by atoms with van der Waals surface area (Å²) in [6.07, 6.45) is 2.33. The van der Waals surface area contributed by atoms with Crippen LogP contribution in [-0.2, 0) is 9.53 Å². The molecule has 5 aliphatic carbocycles. The Hall–Kier alpha value is -0.880. The molecule has 0 saturated heterocycles. The number of esters is 1. The van der Waals surface area contributed by atoms with Crippen molar-refractivity contribution in [3.8, 4) is 0 Å². The third-order valence-electron chi connectivity index (χ3n) is 7.52. The molecule has 2 nitrogen and oxygen atoms in total. The van der Waals surface area contributed by atoms with E-state index < -0.39 is 60.7 Å². The third kappa shape index (κ3) is 2.81. The molecule has 0 aliphatic heterocycles. The summed E-state index contributed by atoms with van der Waals surface area (Å²) in [6, 6.07) is 0. The molecule has 7 heteroatoms. The maximum absolute atomic E-state index is 15.4. The van der Waals surface area contributed by atoms with E-state index in [1.54, 1.807) is 0 Å². The summed E-state index contributed by atoms with van der Waals surface area (Å²) >= 11 is 0. The molecule has 5 saturated carbocycles. The fraction of sp³-hybridized carbons (Fsp3) is 0.950. The van der Waals surface area contributed by atoms with Crippen molar-refractivity contribution in [2.24, 2.45) is 23.7 Å². The van der Waals surface area contributed by atoms with E-state index in [9.17, 15) is 22.4 Å². The molecule has 1 unspecified atom stereocenters. The van der Waals surface area contributed by atoms with Crippen LogP contribution in [-0.4, -0.2) is 29.1 Å². The van der Waals surface area contributed by atoms with Gasteiger partial charge >= 0.3 is 5.97 Å². The minimum atomic E-state index is -4.25. The Balaban J connectivity index is 1.60. The maximum atomic E-state index is 15.4. The van der Waals surface area contributed by atoms with Crippen molar-refractivity contribution in [1.29, 1.82) is 0 Å². The predicted octanol–water partition coefficient (Wildman–Crippen LogP) is 5.69. The van der Waals surface area contributed by atoms with E-state index in [-0.39, 0.29) is 0 Å². The van der Waals surface area contributed by atoms with Gasteiger partial charge in [0.1, 0.15) is 11.5 Å². The van der Waals surface area contributed by atoms with Crippen molar-refractivity contribution in [3.05, 3.63) is 0 Å². The fourth-order valence-corrected chi connectivity index (χ4v) is 6.72.